The van der Waals surface area contributed by atoms with Gasteiger partial charge in [0, 0.05) is 60.3 Å². The Bertz CT molecular complexity index is 1180. The van der Waals surface area contributed by atoms with Crippen molar-refractivity contribution in [3.63, 3.8) is 0 Å². The molecule has 2 aliphatic rings. The summed E-state index contributed by atoms with van der Waals surface area (Å²) >= 11 is 7.70. The van der Waals surface area contributed by atoms with E-state index in [-0.39, 0.29) is 24.0 Å². The van der Waals surface area contributed by atoms with Crippen LogP contribution < -0.4 is 10.2 Å². The first-order chi connectivity index (χ1) is 17.2. The van der Waals surface area contributed by atoms with Gasteiger partial charge in [0.25, 0.3) is 0 Å². The molecule has 1 fully saturated rings. The third-order valence-electron chi connectivity index (χ3n) is 6.83. The normalized spacial score (nSPS) is 19.0. The van der Waals surface area contributed by atoms with Crippen molar-refractivity contribution < 1.29 is 4.79 Å². The lowest BCUT2D eigenvalue weighted by Crippen LogP contribution is -2.47. The average molecular weight is 528 g/mol. The average Bonchev–Trinajstić information content (AvgIpc) is 3.05. The summed E-state index contributed by atoms with van der Waals surface area (Å²) in [6.07, 6.45) is 0.0510. The van der Waals surface area contributed by atoms with Crippen molar-refractivity contribution in [2.75, 3.05) is 51.2 Å². The number of likely N-dealkylation sites (N-methyl/N-ethyl adjacent to an activating group) is 1. The molecule has 1 atom stereocenters. The topological polar surface area (TPSA) is 98.9 Å². The molecule has 0 bridgehead atoms. The molecule has 0 unspecified atom stereocenters. The molecule has 2 aliphatic heterocycles. The highest BCUT2D eigenvalue weighted by Crippen LogP contribution is 2.40. The Morgan fingerprint density at radius 1 is 1.19 bits per heavy atom. The Labute approximate surface area is 222 Å². The zero-order valence-corrected chi connectivity index (χ0v) is 22.9. The summed E-state index contributed by atoms with van der Waals surface area (Å²) in [5.41, 5.74) is 3.58. The minimum absolute atomic E-state index is 0.0510. The van der Waals surface area contributed by atoms with E-state index in [2.05, 4.69) is 22.2 Å². The van der Waals surface area contributed by atoms with E-state index in [1.165, 1.54) is 0 Å². The van der Waals surface area contributed by atoms with Gasteiger partial charge in [-0.2, -0.15) is 0 Å². The lowest BCUT2D eigenvalue weighted by Gasteiger charge is -2.32. The number of thiophene rings is 1. The van der Waals surface area contributed by atoms with Gasteiger partial charge in [0.15, 0.2) is 0 Å². The van der Waals surface area contributed by atoms with E-state index in [4.69, 9.17) is 27.4 Å². The number of carbonyl (C=O) groups excluding carboxylic acids is 1. The molecule has 0 spiro atoms. The van der Waals surface area contributed by atoms with Crippen LogP contribution in [0.5, 0.6) is 0 Å². The lowest BCUT2D eigenvalue weighted by molar-refractivity contribution is -0.121. The van der Waals surface area contributed by atoms with Gasteiger partial charge in [-0.05, 0) is 45.5 Å². The maximum Gasteiger partial charge on any atom is 0.222 e. The molecule has 8 nitrogen and oxygen atoms in total. The first kappa shape index (κ1) is 26.5. The summed E-state index contributed by atoms with van der Waals surface area (Å²) in [6, 6.07) is 6.77. The van der Waals surface area contributed by atoms with Gasteiger partial charge in [-0.1, -0.05) is 23.7 Å². The predicted molar refractivity (Wildman–Crippen MR) is 150 cm³/mol. The van der Waals surface area contributed by atoms with Crippen molar-refractivity contribution in [3.05, 3.63) is 50.9 Å². The summed E-state index contributed by atoms with van der Waals surface area (Å²) in [4.78, 5) is 25.4. The van der Waals surface area contributed by atoms with Crippen LogP contribution in [0.1, 0.15) is 34.9 Å². The van der Waals surface area contributed by atoms with E-state index in [0.717, 1.165) is 65.0 Å². The number of aryl methyl sites for hydroxylation is 1. The minimum atomic E-state index is -0.709. The number of hydrogen-bond donors (Lipinski definition) is 3. The fraction of sp³-hybridized carbons (Fsp3) is 0.462. The Kier molecular flexibility index (Phi) is 8.24. The Hall–Kier alpha value is -2.59. The van der Waals surface area contributed by atoms with E-state index < -0.39 is 6.04 Å². The van der Waals surface area contributed by atoms with E-state index in [0.29, 0.717) is 11.6 Å². The second kappa shape index (κ2) is 11.2. The summed E-state index contributed by atoms with van der Waals surface area (Å²) in [7, 11) is 2.13. The lowest BCUT2D eigenvalue weighted by atomic mass is 9.99. The number of amides is 1. The number of rotatable bonds is 6. The third kappa shape index (κ3) is 5.70. The molecule has 3 N–H and O–H groups in total. The maximum atomic E-state index is 13.0. The van der Waals surface area contributed by atoms with Gasteiger partial charge in [0.1, 0.15) is 22.7 Å². The molecule has 0 saturated carbocycles. The van der Waals surface area contributed by atoms with E-state index in [1.807, 2.05) is 38.1 Å². The number of nitrogens with one attached hydrogen (secondary N) is 3. The van der Waals surface area contributed by atoms with Crippen LogP contribution in [0.4, 0.5) is 5.00 Å². The van der Waals surface area contributed by atoms with Crippen LogP contribution in [0.2, 0.25) is 5.02 Å². The van der Waals surface area contributed by atoms with Gasteiger partial charge in [-0.3, -0.25) is 30.4 Å². The Morgan fingerprint density at radius 3 is 2.50 bits per heavy atom. The van der Waals surface area contributed by atoms with Crippen LogP contribution in [0.15, 0.2) is 29.3 Å². The van der Waals surface area contributed by atoms with Gasteiger partial charge in [0.2, 0.25) is 5.91 Å². The molecule has 3 heterocycles. The molecule has 2 aromatic rings. The van der Waals surface area contributed by atoms with Crippen molar-refractivity contribution in [3.8, 4) is 0 Å². The van der Waals surface area contributed by atoms with Crippen molar-refractivity contribution in [1.29, 1.82) is 10.8 Å². The van der Waals surface area contributed by atoms with Crippen molar-refractivity contribution in [2.45, 2.75) is 33.2 Å². The second-order valence-electron chi connectivity index (χ2n) is 9.47. The molecule has 192 valence electrons. The van der Waals surface area contributed by atoms with Crippen LogP contribution in [0.25, 0.3) is 0 Å². The molecule has 0 radical (unpaired) electrons. The molecular formula is C26H34ClN7OS. The van der Waals surface area contributed by atoms with Gasteiger partial charge < -0.3 is 10.2 Å². The molecule has 36 heavy (non-hydrogen) atoms. The summed E-state index contributed by atoms with van der Waals surface area (Å²) in [5, 5.41) is 21.9. The first-order valence-corrected chi connectivity index (χ1v) is 13.4. The monoisotopic (exact) mass is 527 g/mol. The smallest absolute Gasteiger partial charge is 0.222 e. The zero-order chi connectivity index (χ0) is 26.0. The Morgan fingerprint density at radius 2 is 1.86 bits per heavy atom. The highest BCUT2D eigenvalue weighted by atomic mass is 35.5. The van der Waals surface area contributed by atoms with Gasteiger partial charge in [-0.15, -0.1) is 11.3 Å². The van der Waals surface area contributed by atoms with Gasteiger partial charge in [-0.25, -0.2) is 0 Å². The largest absolute Gasteiger partial charge is 0.355 e. The number of halogens is 1. The van der Waals surface area contributed by atoms with E-state index in [1.54, 1.807) is 23.2 Å². The van der Waals surface area contributed by atoms with Crippen LogP contribution in [0, 0.1) is 24.7 Å². The Balaban J connectivity index is 1.60. The van der Waals surface area contributed by atoms with Crippen LogP contribution in [-0.2, 0) is 4.79 Å². The van der Waals surface area contributed by atoms with Crippen molar-refractivity contribution in [2.24, 2.45) is 4.99 Å². The van der Waals surface area contributed by atoms with Crippen LogP contribution >= 0.6 is 22.9 Å². The van der Waals surface area contributed by atoms with Crippen molar-refractivity contribution in [1.82, 2.24) is 15.1 Å². The van der Waals surface area contributed by atoms with E-state index in [9.17, 15) is 4.79 Å². The number of amidine groups is 2. The predicted octanol–water partition coefficient (Wildman–Crippen LogP) is 3.77. The molecule has 1 amide bonds. The SMILES string of the molecule is CC(=N)N1C(=N)[C@H](CC(=O)NCCN2CCN(C)CC2)N=C(c2ccc(Cl)cc2)c2c1sc(C)c2C. The highest BCUT2D eigenvalue weighted by molar-refractivity contribution is 7.17. The molecule has 1 aromatic carbocycles. The van der Waals surface area contributed by atoms with E-state index >= 15 is 0 Å². The number of hydrogen-bond acceptors (Lipinski definition) is 7. The number of anilines is 1. The van der Waals surface area contributed by atoms with Gasteiger partial charge >= 0.3 is 0 Å². The standard InChI is InChI=1S/C26H34ClN7OS/c1-16-17(2)36-26-23(16)24(19-5-7-20(27)8-6-19)31-21(25(29)34(26)18(3)28)15-22(35)30-9-10-33-13-11-32(4)12-14-33/h5-8,21,28-29H,9-15H2,1-4H3,(H,30,35)/t21-/m0/s1. The summed E-state index contributed by atoms with van der Waals surface area (Å²) in [5.74, 6) is 0.234. The maximum absolute atomic E-state index is 13.0. The van der Waals surface area contributed by atoms with Crippen molar-refractivity contribution >= 4 is 51.2 Å². The summed E-state index contributed by atoms with van der Waals surface area (Å²) in [6.45, 7) is 11.2. The molecule has 10 heteroatoms. The number of carbonyl (C=O) groups is 1. The fourth-order valence-corrected chi connectivity index (χ4v) is 5.91. The highest BCUT2D eigenvalue weighted by Gasteiger charge is 2.34. The molecule has 0 aliphatic carbocycles. The van der Waals surface area contributed by atoms with Crippen LogP contribution in [-0.4, -0.2) is 85.4 Å². The third-order valence-corrected chi connectivity index (χ3v) is 8.27. The number of fused-ring (bicyclic) bond motifs is 1. The van der Waals surface area contributed by atoms with Crippen LogP contribution in [0.3, 0.4) is 0 Å². The fourth-order valence-electron chi connectivity index (χ4n) is 4.56. The quantitative estimate of drug-likeness (QED) is 0.393. The number of piperazine rings is 1. The number of nitrogens with zero attached hydrogens (tertiary/aromatic N) is 4. The summed E-state index contributed by atoms with van der Waals surface area (Å²) < 4.78 is 0. The molecular weight excluding hydrogens is 494 g/mol. The molecule has 1 saturated heterocycles. The molecule has 1 aromatic heterocycles. The molecule has 4 rings (SSSR count). The van der Waals surface area contributed by atoms with Gasteiger partial charge in [0.05, 0.1) is 12.1 Å². The second-order valence-corrected chi connectivity index (χ2v) is 11.1. The zero-order valence-electron chi connectivity index (χ0n) is 21.3. The number of aliphatic imine (C=N–C) groups is 1. The number of benzene rings is 1. The minimum Gasteiger partial charge on any atom is -0.355 e. The first-order valence-electron chi connectivity index (χ1n) is 12.2.